The average Bonchev–Trinajstić information content (AvgIpc) is 3.08. The van der Waals surface area contributed by atoms with E-state index in [-0.39, 0.29) is 22.2 Å². The van der Waals surface area contributed by atoms with Crippen LogP contribution >= 0.6 is 34.7 Å². The van der Waals surface area contributed by atoms with Crippen molar-refractivity contribution in [2.24, 2.45) is 7.05 Å². The first-order valence-corrected chi connectivity index (χ1v) is 11.3. The number of amides is 1. The number of nitrogens with one attached hydrogen (secondary N) is 1. The van der Waals surface area contributed by atoms with Gasteiger partial charge < -0.3 is 5.32 Å². The molecule has 1 N–H and O–H groups in total. The van der Waals surface area contributed by atoms with E-state index >= 15 is 0 Å². The smallest absolute Gasteiger partial charge is 0.262 e. The number of halogens is 1. The third-order valence-corrected chi connectivity index (χ3v) is 7.39. The van der Waals surface area contributed by atoms with Crippen LogP contribution in [0.25, 0.3) is 10.2 Å². The first-order valence-electron chi connectivity index (χ1n) is 9.11. The number of nitriles is 1. The van der Waals surface area contributed by atoms with E-state index in [2.05, 4.69) is 10.3 Å². The lowest BCUT2D eigenvalue weighted by Gasteiger charge is -2.11. The Hall–Kier alpha value is -2.34. The molecule has 1 aliphatic carbocycles. The maximum absolute atomic E-state index is 12.9. The predicted octanol–water partition coefficient (Wildman–Crippen LogP) is 4.13. The van der Waals surface area contributed by atoms with Crippen LogP contribution in [0, 0.1) is 11.3 Å². The average molecular weight is 445 g/mol. The number of benzene rings is 1. The molecule has 0 fully saturated rings. The molecule has 2 aromatic heterocycles. The minimum absolute atomic E-state index is 0.0452. The number of fused-ring (bicyclic) bond motifs is 3. The molecule has 6 nitrogen and oxygen atoms in total. The summed E-state index contributed by atoms with van der Waals surface area (Å²) >= 11 is 8.82. The number of hydrogen-bond donors (Lipinski definition) is 1. The number of nitrogens with zero attached hydrogens (tertiary/aromatic N) is 3. The molecule has 1 amide bonds. The molecule has 4 rings (SSSR count). The Labute approximate surface area is 180 Å². The first-order chi connectivity index (χ1) is 14.0. The summed E-state index contributed by atoms with van der Waals surface area (Å²) in [6.07, 6.45) is 4.21. The summed E-state index contributed by atoms with van der Waals surface area (Å²) in [5, 5.41) is 13.2. The molecule has 1 aromatic carbocycles. The molecular weight excluding hydrogens is 428 g/mol. The summed E-state index contributed by atoms with van der Waals surface area (Å²) in [6, 6.07) is 6.71. The van der Waals surface area contributed by atoms with Crippen LogP contribution in [-0.4, -0.2) is 21.2 Å². The summed E-state index contributed by atoms with van der Waals surface area (Å²) in [7, 11) is 1.70. The molecule has 9 heteroatoms. The van der Waals surface area contributed by atoms with E-state index in [4.69, 9.17) is 16.9 Å². The Morgan fingerprint density at radius 3 is 2.97 bits per heavy atom. The van der Waals surface area contributed by atoms with Crippen molar-refractivity contribution in [2.75, 3.05) is 11.1 Å². The second-order valence-electron chi connectivity index (χ2n) is 6.79. The Balaban J connectivity index is 1.51. The summed E-state index contributed by atoms with van der Waals surface area (Å²) in [4.78, 5) is 31.9. The maximum Gasteiger partial charge on any atom is 0.262 e. The van der Waals surface area contributed by atoms with Crippen molar-refractivity contribution in [1.82, 2.24) is 9.55 Å². The SMILES string of the molecule is Cn1c(SCC(=O)Nc2ccc(C#N)c(Cl)c2)nc2sc3c(c2c1=O)CCCC3. The molecule has 1 aliphatic rings. The molecule has 0 radical (unpaired) electrons. The van der Waals surface area contributed by atoms with Crippen molar-refractivity contribution >= 4 is 56.5 Å². The highest BCUT2D eigenvalue weighted by Crippen LogP contribution is 2.34. The van der Waals surface area contributed by atoms with Gasteiger partial charge >= 0.3 is 0 Å². The molecule has 0 spiro atoms. The third-order valence-electron chi connectivity index (χ3n) is 4.86. The summed E-state index contributed by atoms with van der Waals surface area (Å²) in [6.45, 7) is 0. The van der Waals surface area contributed by atoms with Crippen LogP contribution < -0.4 is 10.9 Å². The monoisotopic (exact) mass is 444 g/mol. The molecule has 148 valence electrons. The number of thioether (sulfide) groups is 1. The highest BCUT2D eigenvalue weighted by atomic mass is 35.5. The fourth-order valence-corrected chi connectivity index (χ4v) is 5.70. The third kappa shape index (κ3) is 3.90. The van der Waals surface area contributed by atoms with Crippen molar-refractivity contribution < 1.29 is 4.79 Å². The quantitative estimate of drug-likeness (QED) is 0.482. The van der Waals surface area contributed by atoms with Gasteiger partial charge in [0.1, 0.15) is 10.9 Å². The predicted molar refractivity (Wildman–Crippen MR) is 117 cm³/mol. The molecule has 2 heterocycles. The molecular formula is C20H17ClN4O2S2. The van der Waals surface area contributed by atoms with E-state index in [1.807, 2.05) is 6.07 Å². The van der Waals surface area contributed by atoms with Crippen LogP contribution in [0.1, 0.15) is 28.8 Å². The standard InChI is InChI=1S/C20H17ClN4O2S2/c1-25-19(27)17-13-4-2-3-5-15(13)29-18(17)24-20(25)28-10-16(26)23-12-7-6-11(9-22)14(21)8-12/h6-8H,2-5,10H2,1H3,(H,23,26). The first kappa shape index (κ1) is 20.0. The summed E-state index contributed by atoms with van der Waals surface area (Å²) in [5.41, 5.74) is 1.99. The van der Waals surface area contributed by atoms with Crippen molar-refractivity contribution in [3.63, 3.8) is 0 Å². The second kappa shape index (κ2) is 8.19. The highest BCUT2D eigenvalue weighted by Gasteiger charge is 2.21. The zero-order valence-corrected chi connectivity index (χ0v) is 18.0. The van der Waals surface area contributed by atoms with Gasteiger partial charge in [0.25, 0.3) is 5.56 Å². The van der Waals surface area contributed by atoms with Crippen molar-refractivity contribution in [2.45, 2.75) is 30.8 Å². The van der Waals surface area contributed by atoms with Gasteiger partial charge in [-0.05, 0) is 49.4 Å². The topological polar surface area (TPSA) is 87.8 Å². The van der Waals surface area contributed by atoms with Crippen LogP contribution in [0.3, 0.4) is 0 Å². The van der Waals surface area contributed by atoms with E-state index in [0.717, 1.165) is 41.5 Å². The molecule has 0 bridgehead atoms. The van der Waals surface area contributed by atoms with Crippen LogP contribution in [0.2, 0.25) is 5.02 Å². The molecule has 0 saturated heterocycles. The largest absolute Gasteiger partial charge is 0.325 e. The Morgan fingerprint density at radius 2 is 2.21 bits per heavy atom. The molecule has 0 saturated carbocycles. The van der Waals surface area contributed by atoms with Gasteiger partial charge in [-0.3, -0.25) is 14.2 Å². The van der Waals surface area contributed by atoms with E-state index in [0.29, 0.717) is 16.4 Å². The zero-order valence-electron chi connectivity index (χ0n) is 15.6. The van der Waals surface area contributed by atoms with E-state index < -0.39 is 0 Å². The van der Waals surface area contributed by atoms with Crippen LogP contribution in [0.4, 0.5) is 5.69 Å². The van der Waals surface area contributed by atoms with Crippen LogP contribution in [-0.2, 0) is 24.7 Å². The lowest BCUT2D eigenvalue weighted by Crippen LogP contribution is -2.22. The number of anilines is 1. The van der Waals surface area contributed by atoms with Crippen molar-refractivity contribution in [1.29, 1.82) is 5.26 Å². The molecule has 29 heavy (non-hydrogen) atoms. The lowest BCUT2D eigenvalue weighted by molar-refractivity contribution is -0.113. The Kier molecular flexibility index (Phi) is 5.63. The minimum atomic E-state index is -0.240. The fourth-order valence-electron chi connectivity index (χ4n) is 3.41. The van der Waals surface area contributed by atoms with Crippen molar-refractivity contribution in [3.05, 3.63) is 49.6 Å². The lowest BCUT2D eigenvalue weighted by atomic mass is 9.97. The van der Waals surface area contributed by atoms with Gasteiger partial charge in [0.15, 0.2) is 5.16 Å². The van der Waals surface area contributed by atoms with E-state index in [1.54, 1.807) is 36.6 Å². The fraction of sp³-hybridized carbons (Fsp3) is 0.300. The highest BCUT2D eigenvalue weighted by molar-refractivity contribution is 7.99. The number of hydrogen-bond acceptors (Lipinski definition) is 6. The molecule has 0 aliphatic heterocycles. The van der Waals surface area contributed by atoms with Gasteiger partial charge in [0.2, 0.25) is 5.91 Å². The number of carbonyl (C=O) groups excluding carboxylic acids is 1. The van der Waals surface area contributed by atoms with Gasteiger partial charge in [-0.2, -0.15) is 5.26 Å². The second-order valence-corrected chi connectivity index (χ2v) is 9.23. The van der Waals surface area contributed by atoms with E-state index in [9.17, 15) is 9.59 Å². The Bertz CT molecular complexity index is 1230. The van der Waals surface area contributed by atoms with Crippen molar-refractivity contribution in [3.8, 4) is 6.07 Å². The van der Waals surface area contributed by atoms with Crippen LogP contribution in [0.15, 0.2) is 28.2 Å². The summed E-state index contributed by atoms with van der Waals surface area (Å²) < 4.78 is 1.53. The molecule has 0 atom stereocenters. The number of thiophene rings is 1. The number of carbonyl (C=O) groups is 1. The van der Waals surface area contributed by atoms with Gasteiger partial charge in [-0.1, -0.05) is 23.4 Å². The van der Waals surface area contributed by atoms with Gasteiger partial charge in [-0.15, -0.1) is 11.3 Å². The normalized spacial score (nSPS) is 13.1. The number of rotatable bonds is 4. The van der Waals surface area contributed by atoms with Gasteiger partial charge in [0.05, 0.1) is 21.7 Å². The minimum Gasteiger partial charge on any atom is -0.325 e. The number of aryl methyl sites for hydroxylation is 2. The number of aromatic nitrogens is 2. The zero-order chi connectivity index (χ0) is 20.5. The summed E-state index contributed by atoms with van der Waals surface area (Å²) in [5.74, 6) is -0.135. The maximum atomic E-state index is 12.9. The molecule has 3 aromatic rings. The Morgan fingerprint density at radius 1 is 1.41 bits per heavy atom. The van der Waals surface area contributed by atoms with Gasteiger partial charge in [0, 0.05) is 17.6 Å². The van der Waals surface area contributed by atoms with Crippen LogP contribution in [0.5, 0.6) is 0 Å². The van der Waals surface area contributed by atoms with E-state index in [1.165, 1.54) is 21.2 Å². The molecule has 0 unspecified atom stereocenters. The van der Waals surface area contributed by atoms with Gasteiger partial charge in [-0.25, -0.2) is 4.98 Å².